The van der Waals surface area contributed by atoms with Crippen LogP contribution in [0.3, 0.4) is 0 Å². The third-order valence-electron chi connectivity index (χ3n) is 6.40. The van der Waals surface area contributed by atoms with Crippen LogP contribution in [0, 0.1) is 20.8 Å². The maximum atomic E-state index is 12.7. The van der Waals surface area contributed by atoms with Crippen LogP contribution in [0.25, 0.3) is 5.78 Å². The van der Waals surface area contributed by atoms with Gasteiger partial charge in [-0.15, -0.1) is 5.10 Å². The lowest BCUT2D eigenvalue weighted by atomic mass is 10.0. The van der Waals surface area contributed by atoms with Gasteiger partial charge >= 0.3 is 0 Å². The zero-order valence-corrected chi connectivity index (χ0v) is 20.6. The van der Waals surface area contributed by atoms with Crippen molar-refractivity contribution in [3.05, 3.63) is 46.8 Å². The molecule has 1 N–H and O–H groups in total. The number of methoxy groups -OCH3 is 1. The number of carbonyl (C=O) groups is 1. The number of rotatable bonds is 8. The number of amides is 1. The van der Waals surface area contributed by atoms with Crippen LogP contribution in [0.2, 0.25) is 0 Å². The summed E-state index contributed by atoms with van der Waals surface area (Å²) in [6, 6.07) is 8.31. The Hall–Kier alpha value is -2.65. The SMILES string of the molecule is COc1ccc([C@@H](CNC(=O)CSc2nc3nc(C)c(C)c(C)n3n2)N2CCCCC2)cc1. The standard InChI is InChI=1S/C24H32N6O2S/c1-16-17(2)26-23-27-24(28-30(23)18(16)3)33-15-22(31)25-14-21(29-12-6-5-7-13-29)19-8-10-20(32-4)11-9-19/h8-11,21H,5-7,12-15H2,1-4H3,(H,25,31)/t21-/m1/s1. The van der Waals surface area contributed by atoms with Crippen molar-refractivity contribution in [2.75, 3.05) is 32.5 Å². The molecule has 1 aliphatic heterocycles. The van der Waals surface area contributed by atoms with E-state index in [9.17, 15) is 4.79 Å². The van der Waals surface area contributed by atoms with Crippen molar-refractivity contribution in [1.29, 1.82) is 0 Å². The highest BCUT2D eigenvalue weighted by Crippen LogP contribution is 2.26. The molecule has 1 saturated heterocycles. The molecule has 0 radical (unpaired) electrons. The maximum absolute atomic E-state index is 12.7. The molecule has 0 unspecified atom stereocenters. The normalized spacial score (nSPS) is 15.5. The van der Waals surface area contributed by atoms with Crippen LogP contribution >= 0.6 is 11.8 Å². The Morgan fingerprint density at radius 3 is 2.55 bits per heavy atom. The molecule has 4 rings (SSSR count). The lowest BCUT2D eigenvalue weighted by molar-refractivity contribution is -0.118. The predicted octanol–water partition coefficient (Wildman–Crippen LogP) is 3.49. The summed E-state index contributed by atoms with van der Waals surface area (Å²) >= 11 is 1.34. The highest BCUT2D eigenvalue weighted by Gasteiger charge is 2.23. The first-order valence-corrected chi connectivity index (χ1v) is 12.4. The van der Waals surface area contributed by atoms with Gasteiger partial charge in [0, 0.05) is 17.9 Å². The van der Waals surface area contributed by atoms with Crippen LogP contribution in [0.4, 0.5) is 0 Å². The molecule has 9 heteroatoms. The Labute approximate surface area is 199 Å². The molecule has 0 bridgehead atoms. The summed E-state index contributed by atoms with van der Waals surface area (Å²) in [5.74, 6) is 1.66. The molecule has 1 amide bonds. The summed E-state index contributed by atoms with van der Waals surface area (Å²) in [7, 11) is 1.67. The minimum Gasteiger partial charge on any atom is -0.497 e. The average molecular weight is 469 g/mol. The van der Waals surface area contributed by atoms with Crippen LogP contribution in [0.5, 0.6) is 5.75 Å². The van der Waals surface area contributed by atoms with Crippen molar-refractivity contribution < 1.29 is 9.53 Å². The van der Waals surface area contributed by atoms with Crippen LogP contribution in [0.1, 0.15) is 47.8 Å². The predicted molar refractivity (Wildman–Crippen MR) is 130 cm³/mol. The Balaban J connectivity index is 1.38. The van der Waals surface area contributed by atoms with Crippen molar-refractivity contribution in [2.24, 2.45) is 0 Å². The van der Waals surface area contributed by atoms with Crippen molar-refractivity contribution in [1.82, 2.24) is 29.8 Å². The van der Waals surface area contributed by atoms with Crippen molar-refractivity contribution in [3.63, 3.8) is 0 Å². The Morgan fingerprint density at radius 1 is 1.12 bits per heavy atom. The monoisotopic (exact) mass is 468 g/mol. The number of piperidine rings is 1. The fourth-order valence-electron chi connectivity index (χ4n) is 4.20. The van der Waals surface area contributed by atoms with Crippen molar-refractivity contribution >= 4 is 23.4 Å². The zero-order valence-electron chi connectivity index (χ0n) is 19.8. The number of aromatic nitrogens is 4. The first-order chi connectivity index (χ1) is 16.0. The number of hydrogen-bond donors (Lipinski definition) is 1. The smallest absolute Gasteiger partial charge is 0.253 e. The summed E-state index contributed by atoms with van der Waals surface area (Å²) in [5.41, 5.74) is 4.26. The molecule has 176 valence electrons. The number of nitrogens with zero attached hydrogens (tertiary/aromatic N) is 5. The largest absolute Gasteiger partial charge is 0.497 e. The van der Waals surface area contributed by atoms with Gasteiger partial charge in [0.25, 0.3) is 5.78 Å². The van der Waals surface area contributed by atoms with E-state index in [1.807, 2.05) is 32.9 Å². The van der Waals surface area contributed by atoms with E-state index in [4.69, 9.17) is 4.74 Å². The number of nitrogens with one attached hydrogen (secondary N) is 1. The van der Waals surface area contributed by atoms with Gasteiger partial charge in [-0.2, -0.15) is 4.98 Å². The van der Waals surface area contributed by atoms with Crippen molar-refractivity contribution in [3.8, 4) is 5.75 Å². The number of aryl methyl sites for hydroxylation is 2. The van der Waals surface area contributed by atoms with E-state index >= 15 is 0 Å². The molecule has 1 atom stereocenters. The number of benzene rings is 1. The molecular weight excluding hydrogens is 436 g/mol. The summed E-state index contributed by atoms with van der Waals surface area (Å²) < 4.78 is 7.05. The number of thioether (sulfide) groups is 1. The van der Waals surface area contributed by atoms with Crippen LogP contribution in [0.15, 0.2) is 29.4 Å². The lowest BCUT2D eigenvalue weighted by Crippen LogP contribution is -2.41. The van der Waals surface area contributed by atoms with Gasteiger partial charge in [0.05, 0.1) is 18.9 Å². The number of fused-ring (bicyclic) bond motifs is 1. The molecule has 1 aliphatic rings. The molecule has 3 aromatic rings. The van der Waals surface area contributed by atoms with Gasteiger partial charge < -0.3 is 10.1 Å². The number of likely N-dealkylation sites (tertiary alicyclic amines) is 1. The van der Waals surface area contributed by atoms with E-state index < -0.39 is 0 Å². The molecule has 1 aromatic carbocycles. The topological polar surface area (TPSA) is 84.6 Å². The fourth-order valence-corrected chi connectivity index (χ4v) is 4.85. The first kappa shape index (κ1) is 23.5. The van der Waals surface area contributed by atoms with E-state index in [0.29, 0.717) is 17.5 Å². The molecule has 0 saturated carbocycles. The first-order valence-electron chi connectivity index (χ1n) is 11.4. The summed E-state index contributed by atoms with van der Waals surface area (Å²) in [5, 5.41) is 8.22. The number of hydrogen-bond acceptors (Lipinski definition) is 7. The fraction of sp³-hybridized carbons (Fsp3) is 0.500. The summed E-state index contributed by atoms with van der Waals surface area (Å²) in [6.07, 6.45) is 3.67. The number of ether oxygens (including phenoxy) is 1. The van der Waals surface area contributed by atoms with Gasteiger partial charge in [-0.1, -0.05) is 30.3 Å². The summed E-state index contributed by atoms with van der Waals surface area (Å²) in [4.78, 5) is 24.1. The third kappa shape index (κ3) is 5.47. The van der Waals surface area contributed by atoms with Crippen LogP contribution < -0.4 is 10.1 Å². The average Bonchev–Trinajstić information content (AvgIpc) is 3.25. The molecule has 0 spiro atoms. The molecule has 33 heavy (non-hydrogen) atoms. The summed E-state index contributed by atoms with van der Waals surface area (Å²) in [6.45, 7) is 8.69. The highest BCUT2D eigenvalue weighted by molar-refractivity contribution is 7.99. The minimum absolute atomic E-state index is 0.0218. The van der Waals surface area contributed by atoms with E-state index in [1.165, 1.54) is 36.6 Å². The molecule has 1 fully saturated rings. The van der Waals surface area contributed by atoms with Gasteiger partial charge in [-0.25, -0.2) is 9.50 Å². The minimum atomic E-state index is -0.0218. The van der Waals surface area contributed by atoms with Gasteiger partial charge in [0.2, 0.25) is 11.1 Å². The maximum Gasteiger partial charge on any atom is 0.253 e. The van der Waals surface area contributed by atoms with E-state index in [0.717, 1.165) is 35.8 Å². The molecular formula is C24H32N6O2S. The molecule has 2 aromatic heterocycles. The van der Waals surface area contributed by atoms with E-state index in [2.05, 4.69) is 37.4 Å². The quantitative estimate of drug-likeness (QED) is 0.507. The van der Waals surface area contributed by atoms with E-state index in [-0.39, 0.29) is 17.7 Å². The van der Waals surface area contributed by atoms with Gasteiger partial charge in [-0.05, 0) is 70.0 Å². The van der Waals surface area contributed by atoms with E-state index in [1.54, 1.807) is 11.6 Å². The molecule has 3 heterocycles. The Morgan fingerprint density at radius 2 is 1.85 bits per heavy atom. The Kier molecular flexibility index (Phi) is 7.49. The van der Waals surface area contributed by atoms with Crippen molar-refractivity contribution in [2.45, 2.75) is 51.2 Å². The number of carbonyl (C=O) groups excluding carboxylic acids is 1. The van der Waals surface area contributed by atoms with Gasteiger partial charge in [0.15, 0.2) is 0 Å². The van der Waals surface area contributed by atoms with Gasteiger partial charge in [-0.3, -0.25) is 9.69 Å². The molecule has 0 aliphatic carbocycles. The van der Waals surface area contributed by atoms with Crippen LogP contribution in [-0.4, -0.2) is 62.9 Å². The Bertz CT molecular complexity index is 1110. The second-order valence-corrected chi connectivity index (χ2v) is 9.43. The highest BCUT2D eigenvalue weighted by atomic mass is 32.2. The van der Waals surface area contributed by atoms with Gasteiger partial charge in [0.1, 0.15) is 5.75 Å². The molecule has 8 nitrogen and oxygen atoms in total. The third-order valence-corrected chi connectivity index (χ3v) is 7.24. The zero-order chi connectivity index (χ0) is 23.4. The lowest BCUT2D eigenvalue weighted by Gasteiger charge is -2.35. The van der Waals surface area contributed by atoms with Crippen LogP contribution in [-0.2, 0) is 4.79 Å². The second kappa shape index (κ2) is 10.5. The second-order valence-electron chi connectivity index (χ2n) is 8.49.